The highest BCUT2D eigenvalue weighted by Gasteiger charge is 2.38. The van der Waals surface area contributed by atoms with E-state index in [1.165, 1.54) is 0 Å². The smallest absolute Gasteiger partial charge is 0.296 e. The lowest BCUT2D eigenvalue weighted by atomic mass is 10.1. The van der Waals surface area contributed by atoms with Gasteiger partial charge in [0.25, 0.3) is 11.8 Å². The van der Waals surface area contributed by atoms with Crippen molar-refractivity contribution in [3.8, 4) is 5.75 Å². The summed E-state index contributed by atoms with van der Waals surface area (Å²) < 4.78 is 11.0. The topological polar surface area (TPSA) is 76.1 Å². The summed E-state index contributed by atoms with van der Waals surface area (Å²) in [5, 5.41) is 10.1. The molecule has 0 fully saturated rings. The third-order valence-corrected chi connectivity index (χ3v) is 3.64. The first-order chi connectivity index (χ1) is 11.8. The zero-order valence-electron chi connectivity index (χ0n) is 15.1. The van der Waals surface area contributed by atoms with E-state index in [0.29, 0.717) is 24.3 Å². The van der Waals surface area contributed by atoms with Crippen molar-refractivity contribution in [2.45, 2.75) is 46.3 Å². The van der Waals surface area contributed by atoms with Gasteiger partial charge in [-0.3, -0.25) is 14.5 Å². The number of hydrogen-bond acceptors (Lipinski definition) is 5. The number of rotatable bonds is 8. The summed E-state index contributed by atoms with van der Waals surface area (Å²) in [6.45, 7) is 8.35. The number of carbonyl (C=O) groups excluding carboxylic acids is 2. The van der Waals surface area contributed by atoms with Crippen LogP contribution in [0.15, 0.2) is 30.0 Å². The van der Waals surface area contributed by atoms with Gasteiger partial charge in [0.05, 0.1) is 17.8 Å². The molecule has 1 N–H and O–H groups in total. The van der Waals surface area contributed by atoms with Crippen LogP contribution in [0.1, 0.15) is 39.7 Å². The van der Waals surface area contributed by atoms with Crippen LogP contribution in [0.3, 0.4) is 0 Å². The molecule has 2 rings (SSSR count). The number of imide groups is 1. The third kappa shape index (κ3) is 4.60. The van der Waals surface area contributed by atoms with E-state index >= 15 is 0 Å². The van der Waals surface area contributed by atoms with E-state index in [0.717, 1.165) is 4.90 Å². The first-order valence-corrected chi connectivity index (χ1v) is 8.49. The maximum Gasteiger partial charge on any atom is 0.296 e. The quantitative estimate of drug-likeness (QED) is 0.578. The molecule has 0 saturated heterocycles. The summed E-state index contributed by atoms with van der Waals surface area (Å²) >= 11 is 0. The Bertz CT molecular complexity index is 661. The number of aliphatic hydroxyl groups excluding tert-OH is 1. The van der Waals surface area contributed by atoms with Gasteiger partial charge in [-0.25, -0.2) is 0 Å². The molecular weight excluding hydrogens is 322 g/mol. The van der Waals surface area contributed by atoms with Gasteiger partial charge in [0.2, 0.25) is 0 Å². The summed E-state index contributed by atoms with van der Waals surface area (Å²) in [5.41, 5.74) is 0.527. The Balaban J connectivity index is 2.08. The molecule has 6 heteroatoms. The van der Waals surface area contributed by atoms with Gasteiger partial charge in [0.15, 0.2) is 5.76 Å². The van der Waals surface area contributed by atoms with Crippen molar-refractivity contribution in [1.29, 1.82) is 0 Å². The van der Waals surface area contributed by atoms with Crippen LogP contribution < -0.4 is 4.74 Å². The Hall–Kier alpha value is -2.34. The molecule has 136 valence electrons. The molecule has 1 heterocycles. The summed E-state index contributed by atoms with van der Waals surface area (Å²) in [4.78, 5) is 25.8. The maximum absolute atomic E-state index is 12.5. The Morgan fingerprint density at radius 1 is 1.00 bits per heavy atom. The minimum Gasteiger partial charge on any atom is -0.502 e. The van der Waals surface area contributed by atoms with Crippen LogP contribution >= 0.6 is 0 Å². The molecule has 1 aromatic rings. The van der Waals surface area contributed by atoms with E-state index in [4.69, 9.17) is 9.47 Å². The Labute approximate surface area is 148 Å². The van der Waals surface area contributed by atoms with Crippen molar-refractivity contribution in [3.63, 3.8) is 0 Å². The number of ether oxygens (including phenoxy) is 2. The predicted octanol–water partition coefficient (Wildman–Crippen LogP) is 2.93. The molecule has 0 unspecified atom stereocenters. The van der Waals surface area contributed by atoms with Crippen molar-refractivity contribution in [2.24, 2.45) is 0 Å². The van der Waals surface area contributed by atoms with E-state index in [1.807, 2.05) is 27.7 Å². The van der Waals surface area contributed by atoms with E-state index in [2.05, 4.69) is 0 Å². The zero-order chi connectivity index (χ0) is 18.6. The number of carbonyl (C=O) groups is 2. The number of amides is 2. The second-order valence-corrected chi connectivity index (χ2v) is 6.45. The zero-order valence-corrected chi connectivity index (χ0v) is 15.1. The van der Waals surface area contributed by atoms with Crippen molar-refractivity contribution >= 4 is 17.4 Å². The molecule has 2 amide bonds. The molecule has 1 aliphatic heterocycles. The maximum atomic E-state index is 12.5. The fourth-order valence-electron chi connectivity index (χ4n) is 2.54. The molecule has 25 heavy (non-hydrogen) atoms. The lowest BCUT2D eigenvalue weighted by Crippen LogP contribution is -2.33. The molecule has 0 aliphatic carbocycles. The first kappa shape index (κ1) is 19.0. The van der Waals surface area contributed by atoms with Crippen LogP contribution in [0, 0.1) is 0 Å². The summed E-state index contributed by atoms with van der Waals surface area (Å²) in [5.74, 6) is -0.984. The van der Waals surface area contributed by atoms with Crippen LogP contribution in [0.4, 0.5) is 0 Å². The SMILES string of the molecule is CC(C)OCCCN1C(=O)C(O)=C(c2ccc(OC(C)C)cc2)C1=O. The van der Waals surface area contributed by atoms with Crippen LogP contribution in [-0.4, -0.2) is 47.2 Å². The van der Waals surface area contributed by atoms with Gasteiger partial charge in [0.1, 0.15) is 5.75 Å². The van der Waals surface area contributed by atoms with Gasteiger partial charge in [-0.2, -0.15) is 0 Å². The predicted molar refractivity (Wildman–Crippen MR) is 94.2 cm³/mol. The molecule has 0 spiro atoms. The van der Waals surface area contributed by atoms with E-state index in [1.54, 1.807) is 24.3 Å². The second-order valence-electron chi connectivity index (χ2n) is 6.45. The third-order valence-electron chi connectivity index (χ3n) is 3.64. The highest BCUT2D eigenvalue weighted by Crippen LogP contribution is 2.29. The number of benzene rings is 1. The minimum absolute atomic E-state index is 0.0332. The van der Waals surface area contributed by atoms with Crippen molar-refractivity contribution in [1.82, 2.24) is 4.90 Å². The molecule has 0 atom stereocenters. The van der Waals surface area contributed by atoms with Gasteiger partial charge in [-0.05, 0) is 51.8 Å². The fraction of sp³-hybridized carbons (Fsp3) is 0.474. The molecule has 0 radical (unpaired) electrons. The first-order valence-electron chi connectivity index (χ1n) is 8.49. The average molecular weight is 347 g/mol. The Morgan fingerprint density at radius 2 is 1.64 bits per heavy atom. The highest BCUT2D eigenvalue weighted by molar-refractivity contribution is 6.34. The fourth-order valence-corrected chi connectivity index (χ4v) is 2.54. The molecule has 1 aromatic carbocycles. The normalized spacial score (nSPS) is 15.0. The van der Waals surface area contributed by atoms with Gasteiger partial charge in [-0.1, -0.05) is 12.1 Å². The Kier molecular flexibility index (Phi) is 6.20. The number of nitrogens with zero attached hydrogens (tertiary/aromatic N) is 1. The summed E-state index contributed by atoms with van der Waals surface area (Å²) in [7, 11) is 0. The molecule has 6 nitrogen and oxygen atoms in total. The lowest BCUT2D eigenvalue weighted by Gasteiger charge is -2.15. The van der Waals surface area contributed by atoms with E-state index in [9.17, 15) is 14.7 Å². The van der Waals surface area contributed by atoms with Crippen LogP contribution in [0.25, 0.3) is 5.57 Å². The number of aliphatic hydroxyl groups is 1. The minimum atomic E-state index is -0.660. The summed E-state index contributed by atoms with van der Waals surface area (Å²) in [6.07, 6.45) is 0.660. The van der Waals surface area contributed by atoms with Gasteiger partial charge < -0.3 is 14.6 Å². The van der Waals surface area contributed by atoms with Gasteiger partial charge in [0, 0.05) is 13.2 Å². The van der Waals surface area contributed by atoms with E-state index in [-0.39, 0.29) is 24.3 Å². The Morgan fingerprint density at radius 3 is 2.20 bits per heavy atom. The highest BCUT2D eigenvalue weighted by atomic mass is 16.5. The largest absolute Gasteiger partial charge is 0.502 e. The van der Waals surface area contributed by atoms with Gasteiger partial charge >= 0.3 is 0 Å². The van der Waals surface area contributed by atoms with E-state index < -0.39 is 17.6 Å². The van der Waals surface area contributed by atoms with Crippen molar-refractivity contribution in [3.05, 3.63) is 35.6 Å². The molecule has 0 aromatic heterocycles. The summed E-state index contributed by atoms with van der Waals surface area (Å²) in [6, 6.07) is 6.76. The molecular formula is C19H25NO5. The van der Waals surface area contributed by atoms with Crippen LogP contribution in [-0.2, 0) is 14.3 Å². The van der Waals surface area contributed by atoms with Crippen molar-refractivity contribution < 1.29 is 24.2 Å². The monoisotopic (exact) mass is 347 g/mol. The molecule has 0 bridgehead atoms. The lowest BCUT2D eigenvalue weighted by molar-refractivity contribution is -0.138. The second kappa shape index (κ2) is 8.16. The molecule has 1 aliphatic rings. The van der Waals surface area contributed by atoms with Crippen molar-refractivity contribution in [2.75, 3.05) is 13.2 Å². The van der Waals surface area contributed by atoms with Gasteiger partial charge in [-0.15, -0.1) is 0 Å². The van der Waals surface area contributed by atoms with Crippen LogP contribution in [0.2, 0.25) is 0 Å². The standard InChI is InChI=1S/C19H25NO5/c1-12(2)24-11-5-10-20-18(22)16(17(21)19(20)23)14-6-8-15(9-7-14)25-13(3)4/h6-9,12-13,21H,5,10-11H2,1-4H3. The van der Waals surface area contributed by atoms with Crippen LogP contribution in [0.5, 0.6) is 5.75 Å². The number of hydrogen-bond donors (Lipinski definition) is 1. The molecule has 0 saturated carbocycles. The average Bonchev–Trinajstić information content (AvgIpc) is 2.75.